The molecule has 0 bridgehead atoms. The van der Waals surface area contributed by atoms with E-state index in [2.05, 4.69) is 4.98 Å². The minimum atomic E-state index is -0.818. The van der Waals surface area contributed by atoms with Crippen molar-refractivity contribution in [2.75, 3.05) is 11.5 Å². The quantitative estimate of drug-likeness (QED) is 0.642. The molecule has 2 aromatic rings. The number of amides is 1. The smallest absolute Gasteiger partial charge is 0.318 e. The number of esters is 1. The molecule has 5 heteroatoms. The fraction of sp³-hybridized carbons (Fsp3) is 0.278. The Balaban J connectivity index is 1.95. The summed E-state index contributed by atoms with van der Waals surface area (Å²) in [6, 6.07) is 13.4. The zero-order chi connectivity index (χ0) is 16.2. The zero-order valence-corrected chi connectivity index (χ0v) is 12.9. The van der Waals surface area contributed by atoms with Crippen LogP contribution in [0.4, 0.5) is 5.69 Å². The highest BCUT2D eigenvalue weighted by atomic mass is 16.5. The number of aromatic nitrogens is 1. The summed E-state index contributed by atoms with van der Waals surface area (Å²) in [5.74, 6) is -1.53. The normalized spacial score (nSPS) is 16.8. The predicted molar refractivity (Wildman–Crippen MR) is 85.7 cm³/mol. The largest absolute Gasteiger partial charge is 0.465 e. The number of pyridine rings is 1. The van der Waals surface area contributed by atoms with Crippen LogP contribution in [0.25, 0.3) is 0 Å². The van der Waals surface area contributed by atoms with Gasteiger partial charge in [-0.1, -0.05) is 30.3 Å². The van der Waals surface area contributed by atoms with Crippen molar-refractivity contribution in [1.29, 1.82) is 0 Å². The fourth-order valence-electron chi connectivity index (χ4n) is 2.78. The van der Waals surface area contributed by atoms with Crippen LogP contribution in [0.1, 0.15) is 18.2 Å². The van der Waals surface area contributed by atoms with E-state index in [1.54, 1.807) is 24.1 Å². The van der Waals surface area contributed by atoms with Crippen molar-refractivity contribution < 1.29 is 14.3 Å². The Hall–Kier alpha value is -2.69. The van der Waals surface area contributed by atoms with E-state index in [4.69, 9.17) is 4.74 Å². The highest BCUT2D eigenvalue weighted by Gasteiger charge is 2.38. The summed E-state index contributed by atoms with van der Waals surface area (Å²) in [6.45, 7) is 2.41. The molecule has 0 saturated heterocycles. The Morgan fingerprint density at radius 3 is 2.78 bits per heavy atom. The van der Waals surface area contributed by atoms with Gasteiger partial charge in [-0.2, -0.15) is 0 Å². The number of fused-ring (bicyclic) bond motifs is 1. The predicted octanol–water partition coefficient (Wildman–Crippen LogP) is 2.35. The number of carbonyl (C=O) groups excluding carboxylic acids is 2. The van der Waals surface area contributed by atoms with Crippen molar-refractivity contribution >= 4 is 17.6 Å². The number of hydrogen-bond donors (Lipinski definition) is 0. The van der Waals surface area contributed by atoms with Gasteiger partial charge in [-0.15, -0.1) is 0 Å². The summed E-state index contributed by atoms with van der Waals surface area (Å²) in [5.41, 5.74) is 2.52. The van der Waals surface area contributed by atoms with E-state index in [1.165, 1.54) is 0 Å². The van der Waals surface area contributed by atoms with Crippen LogP contribution in [0, 0.1) is 5.92 Å². The first-order chi connectivity index (χ1) is 11.2. The van der Waals surface area contributed by atoms with Crippen LogP contribution < -0.4 is 4.90 Å². The summed E-state index contributed by atoms with van der Waals surface area (Å²) >= 11 is 0. The maximum atomic E-state index is 12.8. The summed E-state index contributed by atoms with van der Waals surface area (Å²) in [6.07, 6.45) is 1.97. The number of anilines is 1. The molecule has 0 fully saturated rings. The first-order valence-electron chi connectivity index (χ1n) is 7.66. The first kappa shape index (κ1) is 15.2. The van der Waals surface area contributed by atoms with E-state index >= 15 is 0 Å². The average molecular weight is 310 g/mol. The Bertz CT molecular complexity index is 715. The van der Waals surface area contributed by atoms with Crippen molar-refractivity contribution in [3.05, 3.63) is 59.9 Å². The van der Waals surface area contributed by atoms with Crippen LogP contribution in [-0.2, 0) is 27.3 Å². The molecule has 1 aliphatic rings. The summed E-state index contributed by atoms with van der Waals surface area (Å²) in [7, 11) is 0. The lowest BCUT2D eigenvalue weighted by Crippen LogP contribution is -2.45. The van der Waals surface area contributed by atoms with E-state index < -0.39 is 11.9 Å². The topological polar surface area (TPSA) is 59.5 Å². The van der Waals surface area contributed by atoms with Gasteiger partial charge in [0.2, 0.25) is 5.91 Å². The molecule has 23 heavy (non-hydrogen) atoms. The highest BCUT2D eigenvalue weighted by Crippen LogP contribution is 2.31. The molecular formula is C18H18N2O3. The zero-order valence-electron chi connectivity index (χ0n) is 12.9. The van der Waals surface area contributed by atoms with Gasteiger partial charge in [-0.25, -0.2) is 0 Å². The maximum Gasteiger partial charge on any atom is 0.318 e. The molecule has 0 radical (unpaired) electrons. The lowest BCUT2D eigenvalue weighted by atomic mass is 9.94. The van der Waals surface area contributed by atoms with Crippen molar-refractivity contribution in [1.82, 2.24) is 4.98 Å². The van der Waals surface area contributed by atoms with Gasteiger partial charge in [0.1, 0.15) is 5.92 Å². The van der Waals surface area contributed by atoms with Gasteiger partial charge in [-0.05, 0) is 24.6 Å². The standard InChI is InChI=1S/C18H18N2O3/c1-2-23-18(22)14-11-15-16(9-6-10-19-15)20(17(14)21)12-13-7-4-3-5-8-13/h3-10,14H,2,11-12H2,1H3. The third kappa shape index (κ3) is 3.08. The Morgan fingerprint density at radius 2 is 2.04 bits per heavy atom. The molecule has 118 valence electrons. The van der Waals surface area contributed by atoms with Gasteiger partial charge in [-0.3, -0.25) is 14.6 Å². The summed E-state index contributed by atoms with van der Waals surface area (Å²) < 4.78 is 5.05. The van der Waals surface area contributed by atoms with Gasteiger partial charge < -0.3 is 9.64 Å². The Kier molecular flexibility index (Phi) is 4.37. The molecule has 1 aromatic carbocycles. The molecule has 1 atom stereocenters. The molecule has 3 rings (SSSR count). The van der Waals surface area contributed by atoms with Crippen molar-refractivity contribution in [3.63, 3.8) is 0 Å². The molecule has 5 nitrogen and oxygen atoms in total. The monoisotopic (exact) mass is 310 g/mol. The lowest BCUT2D eigenvalue weighted by molar-refractivity contribution is -0.151. The molecule has 1 unspecified atom stereocenters. The number of nitrogens with zero attached hydrogens (tertiary/aromatic N) is 2. The van der Waals surface area contributed by atoms with E-state index in [0.29, 0.717) is 13.0 Å². The van der Waals surface area contributed by atoms with Crippen LogP contribution in [-0.4, -0.2) is 23.5 Å². The number of hydrogen-bond acceptors (Lipinski definition) is 4. The van der Waals surface area contributed by atoms with E-state index in [-0.39, 0.29) is 12.5 Å². The van der Waals surface area contributed by atoms with Gasteiger partial charge in [0.05, 0.1) is 24.5 Å². The molecule has 2 heterocycles. The number of benzene rings is 1. The number of ether oxygens (including phenoxy) is 1. The van der Waals surface area contributed by atoms with Crippen molar-refractivity contribution in [3.8, 4) is 0 Å². The van der Waals surface area contributed by atoms with Gasteiger partial charge in [0, 0.05) is 12.6 Å². The third-order valence-corrected chi connectivity index (χ3v) is 3.87. The number of carbonyl (C=O) groups is 2. The first-order valence-corrected chi connectivity index (χ1v) is 7.66. The summed E-state index contributed by atoms with van der Waals surface area (Å²) in [5, 5.41) is 0. The van der Waals surface area contributed by atoms with E-state index in [1.807, 2.05) is 36.4 Å². The minimum Gasteiger partial charge on any atom is -0.465 e. The van der Waals surface area contributed by atoms with E-state index in [9.17, 15) is 9.59 Å². The lowest BCUT2D eigenvalue weighted by Gasteiger charge is -2.32. The molecule has 1 aliphatic heterocycles. The van der Waals surface area contributed by atoms with Crippen LogP contribution >= 0.6 is 0 Å². The van der Waals surface area contributed by atoms with Gasteiger partial charge in [0.15, 0.2) is 0 Å². The Labute approximate surface area is 134 Å². The van der Waals surface area contributed by atoms with Crippen LogP contribution in [0.3, 0.4) is 0 Å². The molecule has 0 spiro atoms. The van der Waals surface area contributed by atoms with Crippen molar-refractivity contribution in [2.45, 2.75) is 19.9 Å². The minimum absolute atomic E-state index is 0.229. The van der Waals surface area contributed by atoms with Gasteiger partial charge in [0.25, 0.3) is 0 Å². The van der Waals surface area contributed by atoms with Crippen molar-refractivity contribution in [2.24, 2.45) is 5.92 Å². The van der Waals surface area contributed by atoms with E-state index in [0.717, 1.165) is 16.9 Å². The Morgan fingerprint density at radius 1 is 1.26 bits per heavy atom. The van der Waals surface area contributed by atoms with Crippen LogP contribution in [0.5, 0.6) is 0 Å². The molecule has 0 N–H and O–H groups in total. The SMILES string of the molecule is CCOC(=O)C1Cc2ncccc2N(Cc2ccccc2)C1=O. The average Bonchev–Trinajstić information content (AvgIpc) is 2.58. The number of rotatable bonds is 4. The molecule has 0 aliphatic carbocycles. The second-order valence-electron chi connectivity index (χ2n) is 5.39. The van der Waals surface area contributed by atoms with Crippen LogP contribution in [0.15, 0.2) is 48.7 Å². The van der Waals surface area contributed by atoms with Gasteiger partial charge >= 0.3 is 5.97 Å². The van der Waals surface area contributed by atoms with Crippen LogP contribution in [0.2, 0.25) is 0 Å². The summed E-state index contributed by atoms with van der Waals surface area (Å²) in [4.78, 5) is 30.9. The third-order valence-electron chi connectivity index (χ3n) is 3.87. The second kappa shape index (κ2) is 6.60. The highest BCUT2D eigenvalue weighted by molar-refractivity contribution is 6.08. The molecule has 1 amide bonds. The molecule has 1 aromatic heterocycles. The molecular weight excluding hydrogens is 292 g/mol. The molecule has 0 saturated carbocycles. The fourth-order valence-corrected chi connectivity index (χ4v) is 2.78. The second-order valence-corrected chi connectivity index (χ2v) is 5.39. The maximum absolute atomic E-state index is 12.8.